The Labute approximate surface area is 139 Å². The van der Waals surface area contributed by atoms with Crippen molar-refractivity contribution >= 4 is 22.5 Å². The fourth-order valence-corrected chi connectivity index (χ4v) is 3.46. The third-order valence-electron chi connectivity index (χ3n) is 4.59. The van der Waals surface area contributed by atoms with Gasteiger partial charge in [0.25, 0.3) is 0 Å². The first-order valence-corrected chi connectivity index (χ1v) is 7.83. The van der Waals surface area contributed by atoms with Gasteiger partial charge in [-0.05, 0) is 28.6 Å². The van der Waals surface area contributed by atoms with Gasteiger partial charge in [-0.1, -0.05) is 18.2 Å². The highest BCUT2D eigenvalue weighted by atomic mass is 16.5. The van der Waals surface area contributed by atoms with Crippen LogP contribution >= 0.6 is 0 Å². The quantitative estimate of drug-likeness (QED) is 0.773. The van der Waals surface area contributed by atoms with Gasteiger partial charge in [0.1, 0.15) is 0 Å². The van der Waals surface area contributed by atoms with Crippen molar-refractivity contribution in [3.05, 3.63) is 53.7 Å². The van der Waals surface area contributed by atoms with Gasteiger partial charge >= 0.3 is 0 Å². The van der Waals surface area contributed by atoms with Crippen LogP contribution in [0, 0.1) is 0 Å². The lowest BCUT2D eigenvalue weighted by molar-refractivity contribution is -0.116. The van der Waals surface area contributed by atoms with Gasteiger partial charge in [-0.2, -0.15) is 0 Å². The van der Waals surface area contributed by atoms with Crippen molar-refractivity contribution in [3.63, 3.8) is 0 Å². The number of hydrogen-bond donors (Lipinski definition) is 2. The summed E-state index contributed by atoms with van der Waals surface area (Å²) >= 11 is 0. The Morgan fingerprint density at radius 3 is 2.62 bits per heavy atom. The zero-order chi connectivity index (χ0) is 16.7. The van der Waals surface area contributed by atoms with Gasteiger partial charge in [-0.3, -0.25) is 4.79 Å². The molecule has 24 heavy (non-hydrogen) atoms. The third kappa shape index (κ3) is 2.21. The molecule has 0 radical (unpaired) electrons. The summed E-state index contributed by atoms with van der Waals surface area (Å²) in [5, 5.41) is 4.08. The number of carbonyl (C=O) groups excluding carboxylic acids is 1. The molecule has 0 fully saturated rings. The second kappa shape index (κ2) is 5.60. The van der Waals surface area contributed by atoms with Gasteiger partial charge in [0.15, 0.2) is 11.5 Å². The molecule has 1 aliphatic heterocycles. The van der Waals surface area contributed by atoms with Crippen LogP contribution in [0.1, 0.15) is 23.5 Å². The zero-order valence-corrected chi connectivity index (χ0v) is 13.6. The van der Waals surface area contributed by atoms with Crippen LogP contribution in [0.15, 0.2) is 42.6 Å². The van der Waals surface area contributed by atoms with Crippen molar-refractivity contribution in [2.75, 3.05) is 19.5 Å². The average molecular weight is 322 g/mol. The summed E-state index contributed by atoms with van der Waals surface area (Å²) in [6, 6.07) is 12.0. The molecule has 3 aromatic rings. The number of fused-ring (bicyclic) bond motifs is 2. The minimum absolute atomic E-state index is 0.00304. The first-order valence-electron chi connectivity index (χ1n) is 7.83. The van der Waals surface area contributed by atoms with E-state index in [1.54, 1.807) is 14.2 Å². The van der Waals surface area contributed by atoms with E-state index in [1.165, 1.54) is 0 Å². The van der Waals surface area contributed by atoms with Crippen molar-refractivity contribution < 1.29 is 14.3 Å². The smallest absolute Gasteiger partial charge is 0.225 e. The number of anilines is 1. The highest BCUT2D eigenvalue weighted by Crippen LogP contribution is 2.44. The van der Waals surface area contributed by atoms with Crippen LogP contribution in [-0.4, -0.2) is 25.1 Å². The number of aromatic nitrogens is 1. The summed E-state index contributed by atoms with van der Waals surface area (Å²) in [5.74, 6) is 1.24. The van der Waals surface area contributed by atoms with E-state index < -0.39 is 0 Å². The van der Waals surface area contributed by atoms with Crippen molar-refractivity contribution in [2.24, 2.45) is 0 Å². The maximum atomic E-state index is 12.2. The summed E-state index contributed by atoms with van der Waals surface area (Å²) in [4.78, 5) is 15.5. The van der Waals surface area contributed by atoms with E-state index in [2.05, 4.69) is 22.4 Å². The van der Waals surface area contributed by atoms with Gasteiger partial charge < -0.3 is 19.8 Å². The lowest BCUT2D eigenvalue weighted by Crippen LogP contribution is -2.23. The highest BCUT2D eigenvalue weighted by Gasteiger charge is 2.29. The number of nitrogens with one attached hydrogen (secondary N) is 2. The summed E-state index contributed by atoms with van der Waals surface area (Å²) in [6.07, 6.45) is 2.33. The molecule has 5 heteroatoms. The summed E-state index contributed by atoms with van der Waals surface area (Å²) in [5.41, 5.74) is 3.99. The molecule has 0 bridgehead atoms. The summed E-state index contributed by atoms with van der Waals surface area (Å²) in [6.45, 7) is 0. The van der Waals surface area contributed by atoms with Gasteiger partial charge in [-0.25, -0.2) is 0 Å². The number of hydrogen-bond acceptors (Lipinski definition) is 3. The van der Waals surface area contributed by atoms with E-state index in [0.717, 1.165) is 27.7 Å². The molecule has 1 atom stereocenters. The van der Waals surface area contributed by atoms with E-state index >= 15 is 0 Å². The Morgan fingerprint density at radius 2 is 1.83 bits per heavy atom. The molecule has 1 unspecified atom stereocenters. The number of carbonyl (C=O) groups is 1. The minimum atomic E-state index is -0.0316. The third-order valence-corrected chi connectivity index (χ3v) is 4.59. The van der Waals surface area contributed by atoms with Gasteiger partial charge in [0.05, 0.1) is 14.2 Å². The maximum Gasteiger partial charge on any atom is 0.225 e. The monoisotopic (exact) mass is 322 g/mol. The Balaban J connectivity index is 1.92. The Bertz CT molecular complexity index is 930. The van der Waals surface area contributed by atoms with E-state index in [-0.39, 0.29) is 11.8 Å². The SMILES string of the molecule is COc1cc2c(cc1OC)C(c1cccc3cc[nH]c13)CC(=O)N2. The Hall–Kier alpha value is -2.95. The van der Waals surface area contributed by atoms with Crippen molar-refractivity contribution in [2.45, 2.75) is 12.3 Å². The van der Waals surface area contributed by atoms with E-state index in [9.17, 15) is 4.79 Å². The molecule has 1 aromatic heterocycles. The molecule has 0 spiro atoms. The molecule has 1 amide bonds. The van der Waals surface area contributed by atoms with Crippen molar-refractivity contribution in [3.8, 4) is 11.5 Å². The second-order valence-corrected chi connectivity index (χ2v) is 5.89. The fourth-order valence-electron chi connectivity index (χ4n) is 3.46. The molecule has 0 saturated heterocycles. The predicted molar refractivity (Wildman–Crippen MR) is 92.9 cm³/mol. The number of ether oxygens (including phenoxy) is 2. The fraction of sp³-hybridized carbons (Fsp3) is 0.211. The Morgan fingerprint density at radius 1 is 1.04 bits per heavy atom. The van der Waals surface area contributed by atoms with E-state index in [1.807, 2.05) is 30.5 Å². The molecule has 5 nitrogen and oxygen atoms in total. The second-order valence-electron chi connectivity index (χ2n) is 5.89. The first-order chi connectivity index (χ1) is 11.7. The van der Waals surface area contributed by atoms with Crippen LogP contribution in [0.3, 0.4) is 0 Å². The predicted octanol–water partition coefficient (Wildman–Crippen LogP) is 3.66. The number of methoxy groups -OCH3 is 2. The van der Waals surface area contributed by atoms with Gasteiger partial charge in [-0.15, -0.1) is 0 Å². The van der Waals surface area contributed by atoms with Crippen molar-refractivity contribution in [1.82, 2.24) is 4.98 Å². The van der Waals surface area contributed by atoms with Crippen LogP contribution < -0.4 is 14.8 Å². The van der Waals surface area contributed by atoms with Gasteiger partial charge in [0, 0.05) is 35.8 Å². The molecule has 122 valence electrons. The zero-order valence-electron chi connectivity index (χ0n) is 13.6. The summed E-state index contributed by atoms with van der Waals surface area (Å²) < 4.78 is 10.8. The number of benzene rings is 2. The molecule has 1 aliphatic rings. The van der Waals surface area contributed by atoms with Gasteiger partial charge in [0.2, 0.25) is 5.91 Å². The van der Waals surface area contributed by atoms with E-state index in [0.29, 0.717) is 17.9 Å². The van der Waals surface area contributed by atoms with Crippen molar-refractivity contribution in [1.29, 1.82) is 0 Å². The van der Waals surface area contributed by atoms with Crippen LogP contribution in [0.5, 0.6) is 11.5 Å². The number of amides is 1. The topological polar surface area (TPSA) is 63.4 Å². The Kier molecular flexibility index (Phi) is 3.41. The number of para-hydroxylation sites is 1. The van der Waals surface area contributed by atoms with Crippen LogP contribution in [0.4, 0.5) is 5.69 Å². The normalized spacial score (nSPS) is 16.6. The lowest BCUT2D eigenvalue weighted by atomic mass is 9.83. The molecule has 2 aromatic carbocycles. The van der Waals surface area contributed by atoms with E-state index in [4.69, 9.17) is 9.47 Å². The number of rotatable bonds is 3. The molecular weight excluding hydrogens is 304 g/mol. The largest absolute Gasteiger partial charge is 0.493 e. The van der Waals surface area contributed by atoms with Crippen LogP contribution in [-0.2, 0) is 4.79 Å². The first kappa shape index (κ1) is 14.6. The number of aromatic amines is 1. The van der Waals surface area contributed by atoms with Crippen LogP contribution in [0.2, 0.25) is 0 Å². The molecule has 0 saturated carbocycles. The molecule has 2 heterocycles. The summed E-state index contributed by atoms with van der Waals surface area (Å²) in [7, 11) is 3.21. The molecule has 2 N–H and O–H groups in total. The highest BCUT2D eigenvalue weighted by molar-refractivity contribution is 5.97. The molecule has 4 rings (SSSR count). The lowest BCUT2D eigenvalue weighted by Gasteiger charge is -2.27. The molecule has 0 aliphatic carbocycles. The molecular formula is C19H18N2O3. The average Bonchev–Trinajstić information content (AvgIpc) is 3.08. The number of H-pyrrole nitrogens is 1. The maximum absolute atomic E-state index is 12.2. The van der Waals surface area contributed by atoms with Crippen LogP contribution in [0.25, 0.3) is 10.9 Å². The minimum Gasteiger partial charge on any atom is -0.493 e. The standard InChI is InChI=1S/C19H18N2O3/c1-23-16-8-14-13(9-18(22)21-15(14)10-17(16)24-2)12-5-3-4-11-6-7-20-19(11)12/h3-8,10,13,20H,9H2,1-2H3,(H,21,22).